The van der Waals surface area contributed by atoms with Gasteiger partial charge in [0.15, 0.2) is 0 Å². The Bertz CT molecular complexity index is 1680. The molecule has 0 bridgehead atoms. The predicted molar refractivity (Wildman–Crippen MR) is 192 cm³/mol. The first-order valence-electron chi connectivity index (χ1n) is 16.0. The molecule has 0 aliphatic heterocycles. The van der Waals surface area contributed by atoms with E-state index in [0.717, 1.165) is 27.1 Å². The summed E-state index contributed by atoms with van der Waals surface area (Å²) in [5.74, 6) is 2.22. The lowest BCUT2D eigenvalue weighted by molar-refractivity contribution is 0.0735. The molecule has 0 spiro atoms. The molecular formula is C38H52O4Si2. The lowest BCUT2D eigenvalue weighted by atomic mass is 9.99. The molecule has 0 N–H and O–H groups in total. The van der Waals surface area contributed by atoms with Crippen LogP contribution < -0.4 is 13.6 Å². The molecule has 4 aromatic rings. The van der Waals surface area contributed by atoms with Crippen molar-refractivity contribution in [1.29, 1.82) is 0 Å². The molecule has 0 heterocycles. The molecule has 236 valence electrons. The van der Waals surface area contributed by atoms with Gasteiger partial charge in [-0.3, -0.25) is 0 Å². The van der Waals surface area contributed by atoms with Crippen molar-refractivity contribution in [1.82, 2.24) is 0 Å². The van der Waals surface area contributed by atoms with Crippen molar-refractivity contribution in [3.63, 3.8) is 0 Å². The molecule has 0 aliphatic rings. The molecule has 0 amide bonds. The second-order valence-electron chi connectivity index (χ2n) is 15.1. The molecule has 0 aliphatic carbocycles. The van der Waals surface area contributed by atoms with E-state index in [1.807, 2.05) is 48.5 Å². The molecule has 0 saturated heterocycles. The van der Waals surface area contributed by atoms with Gasteiger partial charge in [-0.05, 0) is 78.6 Å². The van der Waals surface area contributed by atoms with Crippen LogP contribution in [-0.4, -0.2) is 22.6 Å². The molecule has 4 nitrogen and oxygen atoms in total. The van der Waals surface area contributed by atoms with Gasteiger partial charge in [0.1, 0.15) is 22.8 Å². The van der Waals surface area contributed by atoms with E-state index in [4.69, 9.17) is 13.6 Å². The normalized spacial score (nSPS) is 13.2. The lowest BCUT2D eigenvalue weighted by Gasteiger charge is -2.43. The number of aryl methyl sites for hydroxylation is 1. The third-order valence-electron chi connectivity index (χ3n) is 11.1. The maximum atomic E-state index is 14.4. The summed E-state index contributed by atoms with van der Waals surface area (Å²) in [7, 11) is -4.76. The molecule has 4 rings (SSSR count). The standard InChI is InChI=1S/C38H52O4Si2/c1-25(2)37(6,7)43(10,11)41-34-24-32(36(39)40-33-20-16-18-28-17-14-15-19-29(28)33)35(30-22-21-27(5)23-31(30)34)42-44(12,13)38(8,9)26(3)4/h14-26H,1-13H3. The Balaban J connectivity index is 1.97. The molecule has 0 radical (unpaired) electrons. The summed E-state index contributed by atoms with van der Waals surface area (Å²) >= 11 is 0. The Morgan fingerprint density at radius 2 is 1.23 bits per heavy atom. The van der Waals surface area contributed by atoms with Crippen LogP contribution in [0.15, 0.2) is 66.7 Å². The first-order valence-corrected chi connectivity index (χ1v) is 21.8. The van der Waals surface area contributed by atoms with Crippen LogP contribution in [0.2, 0.25) is 36.3 Å². The molecule has 0 fully saturated rings. The second-order valence-corrected chi connectivity index (χ2v) is 24.2. The number of carbonyl (C=O) groups excluding carboxylic acids is 1. The summed E-state index contributed by atoms with van der Waals surface area (Å²) < 4.78 is 20.4. The Morgan fingerprint density at radius 3 is 1.84 bits per heavy atom. The largest absolute Gasteiger partial charge is 0.543 e. The summed E-state index contributed by atoms with van der Waals surface area (Å²) in [6, 6.07) is 22.0. The third kappa shape index (κ3) is 6.21. The van der Waals surface area contributed by atoms with Crippen molar-refractivity contribution in [2.75, 3.05) is 0 Å². The van der Waals surface area contributed by atoms with E-state index in [1.165, 1.54) is 0 Å². The van der Waals surface area contributed by atoms with Gasteiger partial charge in [-0.25, -0.2) is 4.79 Å². The Hall–Kier alpha value is -3.10. The Labute approximate surface area is 267 Å². The fourth-order valence-electron chi connectivity index (χ4n) is 5.45. The third-order valence-corrected chi connectivity index (χ3v) is 19.9. The van der Waals surface area contributed by atoms with Crippen LogP contribution in [-0.2, 0) is 0 Å². The van der Waals surface area contributed by atoms with Crippen LogP contribution in [0.4, 0.5) is 0 Å². The Kier molecular flexibility index (Phi) is 9.23. The molecule has 6 heteroatoms. The minimum atomic E-state index is -2.43. The van der Waals surface area contributed by atoms with Gasteiger partial charge >= 0.3 is 5.97 Å². The highest BCUT2D eigenvalue weighted by atomic mass is 28.4. The van der Waals surface area contributed by atoms with Crippen molar-refractivity contribution in [3.05, 3.63) is 77.9 Å². The topological polar surface area (TPSA) is 44.8 Å². The lowest BCUT2D eigenvalue weighted by Crippen LogP contribution is -2.48. The average Bonchev–Trinajstić information content (AvgIpc) is 2.93. The van der Waals surface area contributed by atoms with E-state index in [-0.39, 0.29) is 10.1 Å². The molecule has 0 unspecified atom stereocenters. The van der Waals surface area contributed by atoms with E-state index in [2.05, 4.69) is 107 Å². The van der Waals surface area contributed by atoms with Gasteiger partial charge in [0.25, 0.3) is 16.6 Å². The van der Waals surface area contributed by atoms with Crippen LogP contribution in [0.5, 0.6) is 17.2 Å². The maximum absolute atomic E-state index is 14.4. The highest BCUT2D eigenvalue weighted by Crippen LogP contribution is 2.50. The van der Waals surface area contributed by atoms with Crippen LogP contribution in [0, 0.1) is 18.8 Å². The number of rotatable bonds is 10. The fraction of sp³-hybridized carbons (Fsp3) is 0.447. The SMILES string of the molecule is Cc1ccc2c(O[Si](C)(C)C(C)(C)C(C)C)c(C(=O)Oc3cccc4ccccc34)cc(O[Si](C)(C)C(C)(C)C(C)C)c2c1. The Morgan fingerprint density at radius 1 is 0.659 bits per heavy atom. The molecular weight excluding hydrogens is 577 g/mol. The van der Waals surface area contributed by atoms with Gasteiger partial charge in [-0.1, -0.05) is 109 Å². The first kappa shape index (κ1) is 33.8. The average molecular weight is 629 g/mol. The second kappa shape index (κ2) is 12.0. The highest BCUT2D eigenvalue weighted by molar-refractivity contribution is 6.75. The van der Waals surface area contributed by atoms with E-state index < -0.39 is 22.6 Å². The number of hydrogen-bond acceptors (Lipinski definition) is 4. The summed E-state index contributed by atoms with van der Waals surface area (Å²) in [6.07, 6.45) is 0. The van der Waals surface area contributed by atoms with Gasteiger partial charge in [0, 0.05) is 16.2 Å². The van der Waals surface area contributed by atoms with Crippen LogP contribution in [0.1, 0.15) is 71.3 Å². The fourth-order valence-corrected chi connectivity index (χ4v) is 10.2. The zero-order valence-corrected chi connectivity index (χ0v) is 31.1. The van der Waals surface area contributed by atoms with E-state index in [1.54, 1.807) is 0 Å². The summed E-state index contributed by atoms with van der Waals surface area (Å²) in [6.45, 7) is 29.3. The molecule has 0 atom stereocenters. The minimum absolute atomic E-state index is 0.0157. The molecule has 4 aromatic carbocycles. The number of fused-ring (bicyclic) bond motifs is 2. The summed E-state index contributed by atoms with van der Waals surface area (Å²) in [4.78, 5) is 14.4. The van der Waals surface area contributed by atoms with Crippen molar-refractivity contribution < 1.29 is 18.4 Å². The van der Waals surface area contributed by atoms with Gasteiger partial charge in [-0.15, -0.1) is 0 Å². The van der Waals surface area contributed by atoms with Gasteiger partial charge < -0.3 is 13.6 Å². The number of hydrogen-bond donors (Lipinski definition) is 0. The van der Waals surface area contributed by atoms with E-state index in [9.17, 15) is 4.79 Å². The van der Waals surface area contributed by atoms with Crippen molar-refractivity contribution in [2.45, 2.75) is 98.6 Å². The van der Waals surface area contributed by atoms with Crippen molar-refractivity contribution in [2.24, 2.45) is 11.8 Å². The maximum Gasteiger partial charge on any atom is 0.347 e. The van der Waals surface area contributed by atoms with Gasteiger partial charge in [-0.2, -0.15) is 0 Å². The summed E-state index contributed by atoms with van der Waals surface area (Å²) in [5, 5.41) is 3.67. The summed E-state index contributed by atoms with van der Waals surface area (Å²) in [5.41, 5.74) is 1.53. The van der Waals surface area contributed by atoms with Gasteiger partial charge in [0.2, 0.25) is 0 Å². The van der Waals surface area contributed by atoms with Crippen LogP contribution in [0.25, 0.3) is 21.5 Å². The number of carbonyl (C=O) groups is 1. The van der Waals surface area contributed by atoms with Crippen molar-refractivity contribution >= 4 is 44.1 Å². The molecule has 44 heavy (non-hydrogen) atoms. The minimum Gasteiger partial charge on any atom is -0.543 e. The quantitative estimate of drug-likeness (QED) is 0.0995. The zero-order valence-electron chi connectivity index (χ0n) is 29.1. The van der Waals surface area contributed by atoms with Gasteiger partial charge in [0.05, 0.1) is 0 Å². The first-order chi connectivity index (χ1) is 20.3. The van der Waals surface area contributed by atoms with Crippen molar-refractivity contribution in [3.8, 4) is 17.2 Å². The smallest absolute Gasteiger partial charge is 0.347 e. The predicted octanol–water partition coefficient (Wildman–Crippen LogP) is 11.6. The number of ether oxygens (including phenoxy) is 1. The van der Waals surface area contributed by atoms with Crippen LogP contribution >= 0.6 is 0 Å². The molecule has 0 saturated carbocycles. The number of esters is 1. The monoisotopic (exact) mass is 628 g/mol. The molecule has 0 aromatic heterocycles. The number of benzene rings is 4. The van der Waals surface area contributed by atoms with E-state index in [0.29, 0.717) is 34.6 Å². The van der Waals surface area contributed by atoms with Crippen LogP contribution in [0.3, 0.4) is 0 Å². The highest BCUT2D eigenvalue weighted by Gasteiger charge is 2.47. The van der Waals surface area contributed by atoms with E-state index >= 15 is 0 Å². The zero-order chi connectivity index (χ0) is 32.8.